The van der Waals surface area contributed by atoms with Gasteiger partial charge in [-0.25, -0.2) is 0 Å². The third-order valence-corrected chi connectivity index (χ3v) is 2.66. The van der Waals surface area contributed by atoms with Crippen molar-refractivity contribution in [2.75, 3.05) is 0 Å². The molecule has 0 spiro atoms. The van der Waals surface area contributed by atoms with E-state index in [2.05, 4.69) is 5.32 Å². The maximum absolute atomic E-state index is 10.7. The fourth-order valence-electron chi connectivity index (χ4n) is 1.93. The first-order chi connectivity index (χ1) is 6.43. The number of carbonyl (C=O) groups is 2. The molecular formula is C9H15NO4. The Labute approximate surface area is 82.1 Å². The molecule has 1 fully saturated rings. The highest BCUT2D eigenvalue weighted by molar-refractivity contribution is 5.77. The van der Waals surface area contributed by atoms with E-state index in [1.54, 1.807) is 0 Å². The minimum absolute atomic E-state index is 0.00667. The normalized spacial score (nSPS) is 31.2. The second-order valence-corrected chi connectivity index (χ2v) is 4.01. The number of rotatable bonds is 4. The van der Waals surface area contributed by atoms with Crippen molar-refractivity contribution in [2.24, 2.45) is 11.8 Å². The Hall–Kier alpha value is -1.10. The molecular weight excluding hydrogens is 186 g/mol. The van der Waals surface area contributed by atoms with Crippen LogP contribution in [-0.2, 0) is 9.59 Å². The summed E-state index contributed by atoms with van der Waals surface area (Å²) >= 11 is 0. The van der Waals surface area contributed by atoms with Gasteiger partial charge in [-0.2, -0.15) is 0 Å². The molecule has 0 amide bonds. The maximum Gasteiger partial charge on any atom is 0.321 e. The molecule has 1 aliphatic heterocycles. The van der Waals surface area contributed by atoms with E-state index in [4.69, 9.17) is 10.2 Å². The van der Waals surface area contributed by atoms with Crippen LogP contribution in [0.5, 0.6) is 0 Å². The van der Waals surface area contributed by atoms with Gasteiger partial charge in [0.1, 0.15) is 6.04 Å². The van der Waals surface area contributed by atoms with E-state index < -0.39 is 18.0 Å². The molecule has 80 valence electrons. The molecule has 14 heavy (non-hydrogen) atoms. The Kier molecular flexibility index (Phi) is 3.10. The molecule has 0 aliphatic carbocycles. The second-order valence-electron chi connectivity index (χ2n) is 4.01. The number of aliphatic carboxylic acids is 2. The molecule has 5 heteroatoms. The minimum atomic E-state index is -0.965. The lowest BCUT2D eigenvalue weighted by molar-refractivity contribution is -0.149. The van der Waals surface area contributed by atoms with E-state index in [9.17, 15) is 9.59 Å². The Morgan fingerprint density at radius 2 is 1.93 bits per heavy atom. The summed E-state index contributed by atoms with van der Waals surface area (Å²) in [5.74, 6) is -1.93. The van der Waals surface area contributed by atoms with Gasteiger partial charge in [0.05, 0.1) is 6.42 Å². The Balaban J connectivity index is 2.61. The lowest BCUT2D eigenvalue weighted by Crippen LogP contribution is -2.67. The summed E-state index contributed by atoms with van der Waals surface area (Å²) in [5.41, 5.74) is 0. The van der Waals surface area contributed by atoms with Crippen LogP contribution in [-0.4, -0.2) is 34.2 Å². The van der Waals surface area contributed by atoms with E-state index in [-0.39, 0.29) is 24.3 Å². The van der Waals surface area contributed by atoms with Gasteiger partial charge in [-0.05, 0) is 5.92 Å². The molecule has 5 nitrogen and oxygen atoms in total. The van der Waals surface area contributed by atoms with Crippen molar-refractivity contribution in [3.05, 3.63) is 0 Å². The molecule has 3 N–H and O–H groups in total. The van der Waals surface area contributed by atoms with Crippen molar-refractivity contribution >= 4 is 11.9 Å². The van der Waals surface area contributed by atoms with E-state index >= 15 is 0 Å². The van der Waals surface area contributed by atoms with Crippen LogP contribution in [0.25, 0.3) is 0 Å². The molecule has 0 saturated carbocycles. The van der Waals surface area contributed by atoms with E-state index in [1.807, 2.05) is 13.8 Å². The average molecular weight is 201 g/mol. The van der Waals surface area contributed by atoms with Crippen molar-refractivity contribution in [3.8, 4) is 0 Å². The van der Waals surface area contributed by atoms with Crippen LogP contribution in [0.1, 0.15) is 20.3 Å². The number of carboxylic acid groups (broad SMARTS) is 2. The minimum Gasteiger partial charge on any atom is -0.481 e. The predicted molar refractivity (Wildman–Crippen MR) is 48.9 cm³/mol. The molecule has 0 aromatic heterocycles. The smallest absolute Gasteiger partial charge is 0.321 e. The van der Waals surface area contributed by atoms with Gasteiger partial charge in [-0.1, -0.05) is 13.8 Å². The fourth-order valence-corrected chi connectivity index (χ4v) is 1.93. The zero-order chi connectivity index (χ0) is 10.9. The molecule has 0 aromatic carbocycles. The lowest BCUT2D eigenvalue weighted by atomic mass is 9.75. The van der Waals surface area contributed by atoms with Crippen LogP contribution in [0.15, 0.2) is 0 Å². The molecule has 1 aliphatic rings. The van der Waals surface area contributed by atoms with Crippen LogP contribution in [0.2, 0.25) is 0 Å². The van der Waals surface area contributed by atoms with Crippen LogP contribution in [0.3, 0.4) is 0 Å². The van der Waals surface area contributed by atoms with Crippen molar-refractivity contribution in [1.82, 2.24) is 5.32 Å². The molecule has 0 radical (unpaired) electrons. The number of carboxylic acids is 2. The molecule has 1 heterocycles. The molecule has 0 bridgehead atoms. The molecule has 0 unspecified atom stereocenters. The zero-order valence-corrected chi connectivity index (χ0v) is 8.23. The van der Waals surface area contributed by atoms with Crippen LogP contribution >= 0.6 is 0 Å². The van der Waals surface area contributed by atoms with Crippen molar-refractivity contribution in [1.29, 1.82) is 0 Å². The largest absolute Gasteiger partial charge is 0.481 e. The number of hydrogen-bond donors (Lipinski definition) is 3. The SMILES string of the molecule is CC(C)[C@@H]1N[C@H](C(=O)O)[C@H]1CC(=O)O. The van der Waals surface area contributed by atoms with Crippen molar-refractivity contribution in [3.63, 3.8) is 0 Å². The number of hydrogen-bond acceptors (Lipinski definition) is 3. The predicted octanol–water partition coefficient (Wildman–Crippen LogP) is 0.158. The Morgan fingerprint density at radius 1 is 1.36 bits per heavy atom. The summed E-state index contributed by atoms with van der Waals surface area (Å²) in [6.07, 6.45) is -0.0766. The highest BCUT2D eigenvalue weighted by Gasteiger charge is 2.46. The van der Waals surface area contributed by atoms with Gasteiger partial charge < -0.3 is 15.5 Å². The summed E-state index contributed by atoms with van der Waals surface area (Å²) < 4.78 is 0. The first kappa shape index (κ1) is 11.0. The average Bonchev–Trinajstić information content (AvgIpc) is 1.96. The van der Waals surface area contributed by atoms with Gasteiger partial charge in [0, 0.05) is 12.0 Å². The fraction of sp³-hybridized carbons (Fsp3) is 0.778. The lowest BCUT2D eigenvalue weighted by Gasteiger charge is -2.45. The highest BCUT2D eigenvalue weighted by Crippen LogP contribution is 2.29. The third kappa shape index (κ3) is 2.04. The Morgan fingerprint density at radius 3 is 2.29 bits per heavy atom. The summed E-state index contributed by atoms with van der Waals surface area (Å²) in [4.78, 5) is 21.2. The van der Waals surface area contributed by atoms with Crippen LogP contribution < -0.4 is 5.32 Å². The molecule has 3 atom stereocenters. The zero-order valence-electron chi connectivity index (χ0n) is 8.23. The first-order valence-electron chi connectivity index (χ1n) is 4.64. The Bertz CT molecular complexity index is 251. The third-order valence-electron chi connectivity index (χ3n) is 2.66. The van der Waals surface area contributed by atoms with Gasteiger partial charge in [0.2, 0.25) is 0 Å². The van der Waals surface area contributed by atoms with E-state index in [1.165, 1.54) is 0 Å². The highest BCUT2D eigenvalue weighted by atomic mass is 16.4. The van der Waals surface area contributed by atoms with Gasteiger partial charge in [-0.3, -0.25) is 9.59 Å². The summed E-state index contributed by atoms with van der Waals surface area (Å²) in [6.45, 7) is 3.90. The second kappa shape index (κ2) is 3.96. The van der Waals surface area contributed by atoms with E-state index in [0.717, 1.165) is 0 Å². The first-order valence-corrected chi connectivity index (χ1v) is 4.64. The summed E-state index contributed by atoms with van der Waals surface area (Å²) in [6, 6.07) is -0.689. The molecule has 1 rings (SSSR count). The van der Waals surface area contributed by atoms with Gasteiger partial charge >= 0.3 is 11.9 Å². The van der Waals surface area contributed by atoms with Crippen LogP contribution in [0, 0.1) is 11.8 Å². The monoisotopic (exact) mass is 201 g/mol. The molecule has 1 saturated heterocycles. The van der Waals surface area contributed by atoms with Crippen LogP contribution in [0.4, 0.5) is 0 Å². The summed E-state index contributed by atoms with van der Waals surface area (Å²) in [7, 11) is 0. The summed E-state index contributed by atoms with van der Waals surface area (Å²) in [5, 5.41) is 20.3. The standard InChI is InChI=1S/C9H15NO4/c1-4(2)7-5(3-6(11)12)8(10-7)9(13)14/h4-5,7-8,10H,3H2,1-2H3,(H,11,12)(H,13,14)/t5-,7-,8-/m0/s1. The topological polar surface area (TPSA) is 86.6 Å². The van der Waals surface area contributed by atoms with Gasteiger partial charge in [0.15, 0.2) is 0 Å². The number of nitrogens with one attached hydrogen (secondary N) is 1. The van der Waals surface area contributed by atoms with Gasteiger partial charge in [0.25, 0.3) is 0 Å². The van der Waals surface area contributed by atoms with Crippen molar-refractivity contribution in [2.45, 2.75) is 32.4 Å². The van der Waals surface area contributed by atoms with E-state index in [0.29, 0.717) is 0 Å². The van der Waals surface area contributed by atoms with Crippen molar-refractivity contribution < 1.29 is 19.8 Å². The maximum atomic E-state index is 10.7. The quantitative estimate of drug-likeness (QED) is 0.603. The molecule has 0 aromatic rings. The van der Waals surface area contributed by atoms with Gasteiger partial charge in [-0.15, -0.1) is 0 Å².